The molecular formula is C55H38Cl2F8N14O6. The van der Waals surface area contributed by atoms with E-state index in [4.69, 9.17) is 37.4 Å². The lowest BCUT2D eigenvalue weighted by Gasteiger charge is -2.17. The first-order chi connectivity index (χ1) is 40.5. The highest BCUT2D eigenvalue weighted by atomic mass is 35.5. The zero-order chi connectivity index (χ0) is 60.7. The molecule has 0 radical (unpaired) electrons. The van der Waals surface area contributed by atoms with Crippen molar-refractivity contribution in [2.24, 2.45) is 0 Å². The number of nitrogens with zero attached hydrogens (tertiary/aromatic N) is 12. The summed E-state index contributed by atoms with van der Waals surface area (Å²) < 4.78 is 126. The molecule has 0 saturated heterocycles. The predicted octanol–water partition coefficient (Wildman–Crippen LogP) is 13.1. The summed E-state index contributed by atoms with van der Waals surface area (Å²) in [5.74, 6) is -3.99. The van der Waals surface area contributed by atoms with E-state index in [0.717, 1.165) is 57.1 Å². The van der Waals surface area contributed by atoms with E-state index in [1.165, 1.54) is 68.3 Å². The number of benzene rings is 2. The molecule has 10 aromatic rings. The summed E-state index contributed by atoms with van der Waals surface area (Å²) >= 11 is 11.7. The third-order valence-electron chi connectivity index (χ3n) is 12.0. The number of carbonyl (C=O) groups excluding carboxylic acids is 1. The fourth-order valence-corrected chi connectivity index (χ4v) is 8.11. The van der Waals surface area contributed by atoms with Crippen LogP contribution in [0, 0.1) is 11.6 Å². The van der Waals surface area contributed by atoms with Crippen LogP contribution in [0.1, 0.15) is 69.3 Å². The van der Waals surface area contributed by atoms with E-state index >= 15 is 0 Å². The molecule has 0 fully saturated rings. The Kier molecular flexibility index (Phi) is 17.5. The van der Waals surface area contributed by atoms with E-state index in [1.807, 2.05) is 0 Å². The van der Waals surface area contributed by atoms with Gasteiger partial charge in [-0.1, -0.05) is 23.2 Å². The molecule has 2 aromatic carbocycles. The van der Waals surface area contributed by atoms with Gasteiger partial charge in [0.15, 0.2) is 23.0 Å². The van der Waals surface area contributed by atoms with Crippen molar-refractivity contribution in [1.82, 2.24) is 59.4 Å². The number of esters is 1. The second kappa shape index (κ2) is 25.1. The maximum absolute atomic E-state index is 13.6. The quantitative estimate of drug-likeness (QED) is 0.0601. The summed E-state index contributed by atoms with van der Waals surface area (Å²) in [5, 5.41) is 22.4. The van der Waals surface area contributed by atoms with Gasteiger partial charge in [0.05, 0.1) is 17.2 Å². The van der Waals surface area contributed by atoms with Crippen LogP contribution in [0.15, 0.2) is 147 Å². The molecule has 0 spiro atoms. The van der Waals surface area contributed by atoms with Crippen molar-refractivity contribution in [3.8, 4) is 45.6 Å². The van der Waals surface area contributed by atoms with Crippen LogP contribution in [0.3, 0.4) is 0 Å². The Morgan fingerprint density at radius 2 is 0.988 bits per heavy atom. The van der Waals surface area contributed by atoms with Crippen LogP contribution >= 0.6 is 23.2 Å². The number of carbonyl (C=O) groups is 2. The minimum atomic E-state index is -4.73. The molecule has 0 aliphatic heterocycles. The molecule has 434 valence electrons. The van der Waals surface area contributed by atoms with Crippen LogP contribution in [0.25, 0.3) is 33.9 Å². The van der Waals surface area contributed by atoms with Gasteiger partial charge in [-0.2, -0.15) is 46.5 Å². The van der Waals surface area contributed by atoms with E-state index in [2.05, 4.69) is 60.7 Å². The van der Waals surface area contributed by atoms with E-state index < -0.39 is 59.5 Å². The number of halogens is 10. The first-order valence-electron chi connectivity index (χ1n) is 24.4. The number of hydrogen-bond donors (Lipinski definition) is 3. The molecule has 20 nitrogen and oxygen atoms in total. The molecule has 85 heavy (non-hydrogen) atoms. The number of hydrogen-bond acceptors (Lipinski definition) is 17. The Morgan fingerprint density at radius 1 is 0.576 bits per heavy atom. The number of pyridine rings is 4. The predicted molar refractivity (Wildman–Crippen MR) is 289 cm³/mol. The van der Waals surface area contributed by atoms with Gasteiger partial charge in [-0.05, 0) is 110 Å². The van der Waals surface area contributed by atoms with Crippen molar-refractivity contribution in [1.29, 1.82) is 0 Å². The van der Waals surface area contributed by atoms with Crippen molar-refractivity contribution in [2.45, 2.75) is 38.4 Å². The standard InChI is InChI=1S/C28H20ClF4N7O3.C27H18ClF4N7O3/c1-15(16-5-8-34-9-6-16)43-25-19(26(41)42-2)11-17(13-35-25)20-14-36-27(37-18-3-4-22(30)21(29)12-18)38-24(20)40-10-7-23(39-40)28(31,32)33;1-14(15-4-7-33-8-5-15)42-24-18(25(40)41)10-16(12-34-24)19-13-35-26(36-17-2-3-21(29)20(28)11-17)37-23(19)39-9-6-22(38-39)27(30,31)32/h3-15H,1-2H3,(H,36,37,38);2-14H,1H3,(H,40,41)(H,35,36,37). The van der Waals surface area contributed by atoms with Gasteiger partial charge < -0.3 is 30.0 Å². The lowest BCUT2D eigenvalue weighted by Crippen LogP contribution is -2.12. The van der Waals surface area contributed by atoms with E-state index in [0.29, 0.717) is 11.4 Å². The number of carboxylic acid groups (broad SMARTS) is 1. The minimum Gasteiger partial charge on any atom is -0.477 e. The summed E-state index contributed by atoms with van der Waals surface area (Å²) in [6.45, 7) is 3.46. The third-order valence-corrected chi connectivity index (χ3v) is 12.5. The summed E-state index contributed by atoms with van der Waals surface area (Å²) in [6.07, 6.45) is 3.11. The van der Waals surface area contributed by atoms with Crippen LogP contribution in [0.4, 0.5) is 58.4 Å². The SMILES string of the molecule is CC(Oc1ncc(-c2cnc(Nc3ccc(F)c(Cl)c3)nc2-n2ccc(C(F)(F)F)n2)cc1C(=O)O)c1ccncc1.COC(=O)c1cc(-c2cnc(Nc3ccc(F)c(Cl)c3)nc2-n2ccc(C(F)(F)F)n2)cnc1OC(C)c1ccncc1. The van der Waals surface area contributed by atoms with Gasteiger partial charge in [0.1, 0.15) is 35.0 Å². The maximum Gasteiger partial charge on any atom is 0.435 e. The van der Waals surface area contributed by atoms with Gasteiger partial charge in [0, 0.05) is 95.6 Å². The van der Waals surface area contributed by atoms with Gasteiger partial charge in [0.25, 0.3) is 0 Å². The number of ether oxygens (including phenoxy) is 3. The number of aromatic nitrogens is 12. The van der Waals surface area contributed by atoms with Gasteiger partial charge in [-0.15, -0.1) is 0 Å². The van der Waals surface area contributed by atoms with Crippen molar-refractivity contribution in [3.63, 3.8) is 0 Å². The number of methoxy groups -OCH3 is 1. The molecule has 10 rings (SSSR count). The zero-order valence-electron chi connectivity index (χ0n) is 43.6. The molecule has 2 unspecified atom stereocenters. The molecule has 0 aliphatic rings. The lowest BCUT2D eigenvalue weighted by molar-refractivity contribution is -0.142. The monoisotopic (exact) mass is 1210 g/mol. The van der Waals surface area contributed by atoms with Crippen LogP contribution in [0.2, 0.25) is 10.0 Å². The highest BCUT2D eigenvalue weighted by Crippen LogP contribution is 2.36. The van der Waals surface area contributed by atoms with Gasteiger partial charge in [-0.25, -0.2) is 47.7 Å². The fourth-order valence-electron chi connectivity index (χ4n) is 7.75. The summed E-state index contributed by atoms with van der Waals surface area (Å²) in [5.41, 5.74) is 0.132. The molecular weight excluding hydrogens is 1180 g/mol. The number of aromatic carboxylic acids is 1. The third kappa shape index (κ3) is 14.2. The fraction of sp³-hybridized carbons (Fsp3) is 0.127. The van der Waals surface area contributed by atoms with Crippen molar-refractivity contribution in [3.05, 3.63) is 202 Å². The Labute approximate surface area is 484 Å². The van der Waals surface area contributed by atoms with Crippen LogP contribution in [-0.2, 0) is 17.1 Å². The zero-order valence-corrected chi connectivity index (χ0v) is 45.2. The number of anilines is 4. The van der Waals surface area contributed by atoms with E-state index in [-0.39, 0.29) is 78.7 Å². The largest absolute Gasteiger partial charge is 0.477 e. The first-order valence-corrected chi connectivity index (χ1v) is 25.2. The molecule has 0 saturated carbocycles. The summed E-state index contributed by atoms with van der Waals surface area (Å²) in [4.78, 5) is 58.4. The molecule has 30 heteroatoms. The second-order valence-electron chi connectivity index (χ2n) is 17.7. The van der Waals surface area contributed by atoms with Gasteiger partial charge in [0.2, 0.25) is 23.7 Å². The van der Waals surface area contributed by atoms with Crippen LogP contribution in [-0.4, -0.2) is 83.6 Å². The average molecular weight is 1210 g/mol. The number of carboxylic acids is 1. The molecule has 2 atom stereocenters. The first kappa shape index (κ1) is 59.4. The Hall–Kier alpha value is -10.2. The van der Waals surface area contributed by atoms with E-state index in [9.17, 15) is 49.8 Å². The molecule has 8 aromatic heterocycles. The maximum atomic E-state index is 13.6. The Morgan fingerprint density at radius 3 is 1.36 bits per heavy atom. The smallest absolute Gasteiger partial charge is 0.435 e. The van der Waals surface area contributed by atoms with Gasteiger partial charge >= 0.3 is 24.3 Å². The minimum absolute atomic E-state index is 0.0349. The lowest BCUT2D eigenvalue weighted by atomic mass is 10.1. The van der Waals surface area contributed by atoms with Crippen molar-refractivity contribution < 1.29 is 64.0 Å². The van der Waals surface area contributed by atoms with Crippen molar-refractivity contribution in [2.75, 3.05) is 17.7 Å². The second-order valence-corrected chi connectivity index (χ2v) is 18.5. The van der Waals surface area contributed by atoms with Crippen LogP contribution in [0.5, 0.6) is 11.8 Å². The normalized spacial score (nSPS) is 12.1. The Bertz CT molecular complexity index is 4070. The molecule has 8 heterocycles. The Balaban J connectivity index is 0.000000204. The van der Waals surface area contributed by atoms with Gasteiger partial charge in [-0.3, -0.25) is 9.97 Å². The highest BCUT2D eigenvalue weighted by molar-refractivity contribution is 6.31. The summed E-state index contributed by atoms with van der Waals surface area (Å²) in [7, 11) is 1.18. The van der Waals surface area contributed by atoms with Crippen LogP contribution < -0.4 is 20.1 Å². The van der Waals surface area contributed by atoms with E-state index in [1.54, 1.807) is 62.9 Å². The highest BCUT2D eigenvalue weighted by Gasteiger charge is 2.35. The number of nitrogens with one attached hydrogen (secondary N) is 2. The molecule has 3 N–H and O–H groups in total. The number of alkyl halides is 6. The number of rotatable bonds is 16. The molecule has 0 aliphatic carbocycles. The summed E-state index contributed by atoms with van der Waals surface area (Å²) in [6, 6.07) is 18.6. The topological polar surface area (TPSA) is 245 Å². The van der Waals surface area contributed by atoms with Crippen molar-refractivity contribution >= 4 is 58.4 Å². The molecule has 0 amide bonds. The molecule has 0 bridgehead atoms. The average Bonchev–Trinajstić information content (AvgIpc) is 3.36.